The Hall–Kier alpha value is -2.85. The molecule has 3 aromatic rings. The first-order valence-corrected chi connectivity index (χ1v) is 11.7. The number of hydrogen-bond acceptors (Lipinski definition) is 6. The highest BCUT2D eigenvalue weighted by Crippen LogP contribution is 2.32. The molecule has 0 saturated carbocycles. The zero-order valence-electron chi connectivity index (χ0n) is 17.3. The minimum atomic E-state index is -3.16. The van der Waals surface area contributed by atoms with E-state index in [9.17, 15) is 17.6 Å². The fourth-order valence-electron chi connectivity index (χ4n) is 3.88. The fourth-order valence-corrected chi connectivity index (χ4v) is 5.58. The van der Waals surface area contributed by atoms with Crippen molar-refractivity contribution in [2.75, 3.05) is 31.8 Å². The van der Waals surface area contributed by atoms with Crippen molar-refractivity contribution in [3.63, 3.8) is 0 Å². The number of pyridine rings is 1. The lowest BCUT2D eigenvalue weighted by atomic mass is 10.0. The molecule has 1 aliphatic heterocycles. The summed E-state index contributed by atoms with van der Waals surface area (Å²) in [4.78, 5) is 17.6. The third-order valence-electron chi connectivity index (χ3n) is 5.38. The standard InChI is InChI=1S/C21H23FN4O4S/c1-13-19-16(21(27)23-8-9-30-2)11-18(15-5-3-4-6-17(15)22)24-20(19)26(25-13)14-7-10-31(28,29)12-14/h3-6,11,14H,7-10,12H2,1-2H3,(H,23,27). The Bertz CT molecular complexity index is 1260. The van der Waals surface area contributed by atoms with E-state index in [4.69, 9.17) is 4.74 Å². The molecule has 1 fully saturated rings. The molecule has 0 spiro atoms. The highest BCUT2D eigenvalue weighted by atomic mass is 32.2. The number of nitrogens with one attached hydrogen (secondary N) is 1. The molecular weight excluding hydrogens is 423 g/mol. The first-order valence-electron chi connectivity index (χ1n) is 9.93. The second-order valence-corrected chi connectivity index (χ2v) is 9.80. The molecule has 1 amide bonds. The molecule has 1 aromatic carbocycles. The van der Waals surface area contributed by atoms with Gasteiger partial charge >= 0.3 is 0 Å². The number of fused-ring (bicyclic) bond motifs is 1. The molecule has 3 heterocycles. The second-order valence-electron chi connectivity index (χ2n) is 7.57. The Morgan fingerprint density at radius 1 is 1.35 bits per heavy atom. The van der Waals surface area contributed by atoms with Crippen LogP contribution in [0.25, 0.3) is 22.3 Å². The smallest absolute Gasteiger partial charge is 0.252 e. The van der Waals surface area contributed by atoms with Crippen molar-refractivity contribution in [1.82, 2.24) is 20.1 Å². The maximum atomic E-state index is 14.5. The van der Waals surface area contributed by atoms with E-state index in [1.807, 2.05) is 0 Å². The van der Waals surface area contributed by atoms with E-state index in [2.05, 4.69) is 15.4 Å². The number of carbonyl (C=O) groups excluding carboxylic acids is 1. The van der Waals surface area contributed by atoms with Gasteiger partial charge in [-0.05, 0) is 31.5 Å². The Kier molecular flexibility index (Phi) is 5.76. The lowest BCUT2D eigenvalue weighted by molar-refractivity contribution is 0.0938. The zero-order valence-corrected chi connectivity index (χ0v) is 18.1. The first kappa shape index (κ1) is 21.4. The van der Waals surface area contributed by atoms with Crippen LogP contribution >= 0.6 is 0 Å². The number of ether oxygens (including phenoxy) is 1. The van der Waals surface area contributed by atoms with Crippen LogP contribution in [-0.2, 0) is 14.6 Å². The van der Waals surface area contributed by atoms with E-state index >= 15 is 0 Å². The van der Waals surface area contributed by atoms with E-state index in [1.54, 1.807) is 35.9 Å². The van der Waals surface area contributed by atoms with Crippen LogP contribution in [0.15, 0.2) is 30.3 Å². The Labute approximate surface area is 179 Å². The van der Waals surface area contributed by atoms with Gasteiger partial charge in [-0.1, -0.05) is 12.1 Å². The summed E-state index contributed by atoms with van der Waals surface area (Å²) in [5, 5.41) is 7.84. The summed E-state index contributed by atoms with van der Waals surface area (Å²) in [6.07, 6.45) is 0.416. The van der Waals surface area contributed by atoms with Gasteiger partial charge in [0.25, 0.3) is 5.91 Å². The number of aryl methyl sites for hydroxylation is 1. The molecule has 0 bridgehead atoms. The number of rotatable bonds is 6. The topological polar surface area (TPSA) is 103 Å². The average molecular weight is 447 g/mol. The number of nitrogens with zero attached hydrogens (tertiary/aromatic N) is 3. The number of halogens is 1. The fraction of sp³-hybridized carbons (Fsp3) is 0.381. The van der Waals surface area contributed by atoms with Gasteiger partial charge in [0.05, 0.1) is 46.5 Å². The van der Waals surface area contributed by atoms with Crippen molar-refractivity contribution in [3.8, 4) is 11.3 Å². The molecule has 1 saturated heterocycles. The number of methoxy groups -OCH3 is 1. The van der Waals surface area contributed by atoms with Crippen molar-refractivity contribution in [2.24, 2.45) is 0 Å². The zero-order chi connectivity index (χ0) is 22.2. The molecule has 1 N–H and O–H groups in total. The number of hydrogen-bond donors (Lipinski definition) is 1. The average Bonchev–Trinajstić information content (AvgIpc) is 3.27. The predicted octanol–water partition coefficient (Wildman–Crippen LogP) is 2.28. The minimum absolute atomic E-state index is 0.0375. The molecule has 0 aliphatic carbocycles. The molecular formula is C21H23FN4O4S. The number of sulfone groups is 1. The van der Waals surface area contributed by atoms with Gasteiger partial charge in [-0.25, -0.2) is 22.5 Å². The highest BCUT2D eigenvalue weighted by molar-refractivity contribution is 7.91. The van der Waals surface area contributed by atoms with E-state index in [0.29, 0.717) is 41.9 Å². The Balaban J connectivity index is 1.90. The monoisotopic (exact) mass is 446 g/mol. The van der Waals surface area contributed by atoms with E-state index in [-0.39, 0.29) is 34.7 Å². The van der Waals surface area contributed by atoms with Crippen molar-refractivity contribution < 1.29 is 22.3 Å². The molecule has 4 rings (SSSR count). The van der Waals surface area contributed by atoms with Crippen molar-refractivity contribution in [1.29, 1.82) is 0 Å². The van der Waals surface area contributed by atoms with Gasteiger partial charge in [-0.3, -0.25) is 4.79 Å². The number of aromatic nitrogens is 3. The molecule has 2 aromatic heterocycles. The third-order valence-corrected chi connectivity index (χ3v) is 7.13. The first-order chi connectivity index (χ1) is 14.8. The molecule has 1 atom stereocenters. The molecule has 164 valence electrons. The van der Waals surface area contributed by atoms with Gasteiger partial charge in [-0.2, -0.15) is 5.10 Å². The molecule has 10 heteroatoms. The Morgan fingerprint density at radius 2 is 2.13 bits per heavy atom. The minimum Gasteiger partial charge on any atom is -0.383 e. The lowest BCUT2D eigenvalue weighted by Crippen LogP contribution is -2.27. The molecule has 0 radical (unpaired) electrons. The third kappa shape index (κ3) is 4.17. The maximum Gasteiger partial charge on any atom is 0.252 e. The van der Waals surface area contributed by atoms with Gasteiger partial charge < -0.3 is 10.1 Å². The molecule has 8 nitrogen and oxygen atoms in total. The van der Waals surface area contributed by atoms with Gasteiger partial charge in [0.2, 0.25) is 0 Å². The highest BCUT2D eigenvalue weighted by Gasteiger charge is 2.32. The Morgan fingerprint density at radius 3 is 2.81 bits per heavy atom. The number of carbonyl (C=O) groups is 1. The summed E-state index contributed by atoms with van der Waals surface area (Å²) < 4.78 is 45.1. The summed E-state index contributed by atoms with van der Waals surface area (Å²) in [6.45, 7) is 2.40. The van der Waals surface area contributed by atoms with Gasteiger partial charge in [0, 0.05) is 19.2 Å². The predicted molar refractivity (Wildman–Crippen MR) is 114 cm³/mol. The number of benzene rings is 1. The summed E-state index contributed by atoms with van der Waals surface area (Å²) >= 11 is 0. The van der Waals surface area contributed by atoms with Gasteiger partial charge in [-0.15, -0.1) is 0 Å². The van der Waals surface area contributed by atoms with Crippen LogP contribution in [0.5, 0.6) is 0 Å². The SMILES string of the molecule is COCCNC(=O)c1cc(-c2ccccc2F)nc2c1c(C)nn2C1CCS(=O)(=O)C1. The van der Waals surface area contributed by atoms with Gasteiger partial charge in [0.1, 0.15) is 5.82 Å². The van der Waals surface area contributed by atoms with Crippen LogP contribution in [0.2, 0.25) is 0 Å². The van der Waals surface area contributed by atoms with Crippen molar-refractivity contribution in [2.45, 2.75) is 19.4 Å². The van der Waals surface area contributed by atoms with Gasteiger partial charge in [0.15, 0.2) is 15.5 Å². The summed E-state index contributed by atoms with van der Waals surface area (Å²) in [7, 11) is -1.62. The molecule has 1 unspecified atom stereocenters. The van der Waals surface area contributed by atoms with Crippen LogP contribution in [0, 0.1) is 12.7 Å². The van der Waals surface area contributed by atoms with Crippen LogP contribution in [0.1, 0.15) is 28.5 Å². The van der Waals surface area contributed by atoms with Crippen molar-refractivity contribution in [3.05, 3.63) is 47.4 Å². The van der Waals surface area contributed by atoms with E-state index in [0.717, 1.165) is 0 Å². The van der Waals surface area contributed by atoms with Crippen LogP contribution in [-0.4, -0.2) is 60.9 Å². The quantitative estimate of drug-likeness (QED) is 0.583. The molecule has 31 heavy (non-hydrogen) atoms. The number of amides is 1. The second kappa shape index (κ2) is 8.35. The largest absolute Gasteiger partial charge is 0.383 e. The molecule has 1 aliphatic rings. The summed E-state index contributed by atoms with van der Waals surface area (Å²) in [5.41, 5.74) is 1.77. The summed E-state index contributed by atoms with van der Waals surface area (Å²) in [6, 6.07) is 7.35. The normalized spacial score (nSPS) is 17.8. The summed E-state index contributed by atoms with van der Waals surface area (Å²) in [5.74, 6) is -0.783. The maximum absolute atomic E-state index is 14.5. The van der Waals surface area contributed by atoms with E-state index < -0.39 is 15.7 Å². The van der Waals surface area contributed by atoms with Crippen LogP contribution in [0.3, 0.4) is 0 Å². The van der Waals surface area contributed by atoms with Crippen molar-refractivity contribution >= 4 is 26.8 Å². The van der Waals surface area contributed by atoms with Crippen LogP contribution < -0.4 is 5.32 Å². The lowest BCUT2D eigenvalue weighted by Gasteiger charge is -2.12. The van der Waals surface area contributed by atoms with Crippen LogP contribution in [0.4, 0.5) is 4.39 Å². The van der Waals surface area contributed by atoms with E-state index in [1.165, 1.54) is 13.2 Å².